The van der Waals surface area contributed by atoms with Crippen molar-refractivity contribution in [2.75, 3.05) is 0 Å². The van der Waals surface area contributed by atoms with Crippen molar-refractivity contribution in [2.45, 2.75) is 0 Å². The zero-order chi connectivity index (χ0) is 11.0. The molecule has 0 radical (unpaired) electrons. The van der Waals surface area contributed by atoms with E-state index < -0.39 is 5.24 Å². The molecule has 1 heterocycles. The molecule has 0 unspecified atom stereocenters. The second kappa shape index (κ2) is 3.68. The Labute approximate surface area is 94.2 Å². The van der Waals surface area contributed by atoms with E-state index in [4.69, 9.17) is 27.6 Å². The molecule has 0 aliphatic carbocycles. The topological polar surface area (TPSA) is 47.3 Å². The Kier molecular flexibility index (Phi) is 2.50. The largest absolute Gasteiger partial charge is 0.451 e. The molecule has 0 saturated heterocycles. The van der Waals surface area contributed by atoms with Crippen molar-refractivity contribution >= 4 is 39.4 Å². The van der Waals surface area contributed by atoms with Crippen LogP contribution in [0.3, 0.4) is 0 Å². The van der Waals surface area contributed by atoms with E-state index in [0.717, 1.165) is 6.07 Å². The highest BCUT2D eigenvalue weighted by atomic mass is 35.5. The predicted octanol–water partition coefficient (Wildman–Crippen LogP) is 2.83. The summed E-state index contributed by atoms with van der Waals surface area (Å²) in [4.78, 5) is 22.3. The summed E-state index contributed by atoms with van der Waals surface area (Å²) in [7, 11) is 0. The molecule has 5 heteroatoms. The molecular formula is C10H4Cl2O3. The van der Waals surface area contributed by atoms with Gasteiger partial charge in [0.1, 0.15) is 5.58 Å². The molecule has 2 aromatic rings. The summed E-state index contributed by atoms with van der Waals surface area (Å²) in [5.74, 6) is -0.170. The highest BCUT2D eigenvalue weighted by molar-refractivity contribution is 6.67. The van der Waals surface area contributed by atoms with Gasteiger partial charge in [-0.25, -0.2) is 0 Å². The quantitative estimate of drug-likeness (QED) is 0.723. The minimum Gasteiger partial charge on any atom is -0.451 e. The van der Waals surface area contributed by atoms with Crippen LogP contribution in [0.4, 0.5) is 0 Å². The summed E-state index contributed by atoms with van der Waals surface area (Å²) in [5, 5.41) is -0.0483. The molecule has 0 atom stereocenters. The van der Waals surface area contributed by atoms with Crippen LogP contribution in [0.1, 0.15) is 10.6 Å². The second-order valence-electron chi connectivity index (χ2n) is 2.89. The molecule has 0 amide bonds. The van der Waals surface area contributed by atoms with Gasteiger partial charge in [0.25, 0.3) is 5.24 Å². The van der Waals surface area contributed by atoms with Crippen molar-refractivity contribution < 1.29 is 9.21 Å². The average Bonchev–Trinajstić information content (AvgIpc) is 2.18. The maximum absolute atomic E-state index is 11.5. The third-order valence-corrected chi connectivity index (χ3v) is 2.30. The Morgan fingerprint density at radius 2 is 2.00 bits per heavy atom. The van der Waals surface area contributed by atoms with E-state index in [1.54, 1.807) is 6.07 Å². The maximum Gasteiger partial charge on any atom is 0.287 e. The molecule has 2 rings (SSSR count). The number of carbonyl (C=O) groups excluding carboxylic acids is 1. The Hall–Kier alpha value is -1.32. The third kappa shape index (κ3) is 1.89. The number of halogens is 2. The molecular weight excluding hydrogens is 239 g/mol. The number of fused-ring (bicyclic) bond motifs is 1. The first-order valence-corrected chi connectivity index (χ1v) is 4.77. The van der Waals surface area contributed by atoms with Gasteiger partial charge < -0.3 is 4.42 Å². The van der Waals surface area contributed by atoms with E-state index in [-0.39, 0.29) is 16.8 Å². The summed E-state index contributed by atoms with van der Waals surface area (Å²) in [6.07, 6.45) is 0. The molecule has 0 spiro atoms. The normalized spacial score (nSPS) is 10.5. The Balaban J connectivity index is 2.84. The van der Waals surface area contributed by atoms with Gasteiger partial charge in [-0.3, -0.25) is 9.59 Å². The van der Waals surface area contributed by atoms with Crippen LogP contribution < -0.4 is 5.43 Å². The molecule has 0 fully saturated rings. The Morgan fingerprint density at radius 3 is 2.67 bits per heavy atom. The van der Waals surface area contributed by atoms with Crippen molar-refractivity contribution in [1.82, 2.24) is 0 Å². The van der Waals surface area contributed by atoms with Crippen LogP contribution >= 0.6 is 23.2 Å². The first-order valence-electron chi connectivity index (χ1n) is 4.01. The highest BCUT2D eigenvalue weighted by Gasteiger charge is 2.09. The Bertz CT molecular complexity index is 601. The number of hydrogen-bond donors (Lipinski definition) is 0. The summed E-state index contributed by atoms with van der Waals surface area (Å²) >= 11 is 10.9. The highest BCUT2D eigenvalue weighted by Crippen LogP contribution is 2.18. The van der Waals surface area contributed by atoms with Crippen LogP contribution in [0, 0.1) is 0 Å². The van der Waals surface area contributed by atoms with Gasteiger partial charge in [-0.05, 0) is 29.8 Å². The molecule has 1 aromatic carbocycles. The van der Waals surface area contributed by atoms with Crippen molar-refractivity contribution in [2.24, 2.45) is 0 Å². The predicted molar refractivity (Wildman–Crippen MR) is 57.7 cm³/mol. The van der Waals surface area contributed by atoms with Crippen LogP contribution in [0.5, 0.6) is 0 Å². The SMILES string of the molecule is O=C(Cl)c1cc(=O)c2cc(Cl)ccc2o1. The van der Waals surface area contributed by atoms with Gasteiger partial charge in [-0.1, -0.05) is 11.6 Å². The van der Waals surface area contributed by atoms with Gasteiger partial charge in [0.2, 0.25) is 0 Å². The number of rotatable bonds is 1. The lowest BCUT2D eigenvalue weighted by Crippen LogP contribution is -2.03. The third-order valence-electron chi connectivity index (χ3n) is 1.88. The first kappa shape index (κ1) is 10.2. The second-order valence-corrected chi connectivity index (χ2v) is 3.67. The van der Waals surface area contributed by atoms with E-state index >= 15 is 0 Å². The Morgan fingerprint density at radius 1 is 1.27 bits per heavy atom. The van der Waals surface area contributed by atoms with E-state index in [2.05, 4.69) is 0 Å². The molecule has 0 bridgehead atoms. The van der Waals surface area contributed by atoms with Gasteiger partial charge in [-0.2, -0.15) is 0 Å². The molecule has 0 N–H and O–H groups in total. The zero-order valence-electron chi connectivity index (χ0n) is 7.29. The van der Waals surface area contributed by atoms with Crippen LogP contribution in [0.25, 0.3) is 11.0 Å². The van der Waals surface area contributed by atoms with Crippen molar-refractivity contribution in [3.63, 3.8) is 0 Å². The van der Waals surface area contributed by atoms with Crippen molar-refractivity contribution in [3.8, 4) is 0 Å². The summed E-state index contributed by atoms with van der Waals surface area (Å²) in [5.41, 5.74) is -0.0568. The standard InChI is InChI=1S/C10H4Cl2O3/c11-5-1-2-8-6(3-5)7(13)4-9(15-8)10(12)14/h1-4H. The van der Waals surface area contributed by atoms with E-state index in [9.17, 15) is 9.59 Å². The lowest BCUT2D eigenvalue weighted by Gasteiger charge is -1.98. The number of hydrogen-bond acceptors (Lipinski definition) is 3. The first-order chi connectivity index (χ1) is 7.08. The number of carbonyl (C=O) groups is 1. The molecule has 0 saturated carbocycles. The lowest BCUT2D eigenvalue weighted by molar-refractivity contribution is 0.105. The molecule has 76 valence electrons. The van der Waals surface area contributed by atoms with Crippen LogP contribution in [-0.2, 0) is 0 Å². The van der Waals surface area contributed by atoms with E-state index in [1.165, 1.54) is 12.1 Å². The van der Waals surface area contributed by atoms with Crippen molar-refractivity contribution in [3.05, 3.63) is 45.3 Å². The van der Waals surface area contributed by atoms with Crippen LogP contribution in [0.15, 0.2) is 33.5 Å². The minimum absolute atomic E-state index is 0.170. The van der Waals surface area contributed by atoms with Crippen LogP contribution in [0.2, 0.25) is 5.02 Å². The fourth-order valence-corrected chi connectivity index (χ4v) is 1.49. The lowest BCUT2D eigenvalue weighted by atomic mass is 10.2. The van der Waals surface area contributed by atoms with Gasteiger partial charge in [0, 0.05) is 11.1 Å². The summed E-state index contributed by atoms with van der Waals surface area (Å²) < 4.78 is 5.12. The smallest absolute Gasteiger partial charge is 0.287 e. The molecule has 3 nitrogen and oxygen atoms in total. The average molecular weight is 243 g/mol. The monoisotopic (exact) mass is 242 g/mol. The number of benzene rings is 1. The summed E-state index contributed by atoms with van der Waals surface area (Å²) in [6, 6.07) is 5.61. The maximum atomic E-state index is 11.5. The van der Waals surface area contributed by atoms with Gasteiger partial charge in [0.05, 0.1) is 5.39 Å². The fraction of sp³-hybridized carbons (Fsp3) is 0. The van der Waals surface area contributed by atoms with Crippen LogP contribution in [-0.4, -0.2) is 5.24 Å². The van der Waals surface area contributed by atoms with E-state index in [0.29, 0.717) is 10.4 Å². The molecule has 0 aliphatic heterocycles. The molecule has 1 aromatic heterocycles. The zero-order valence-corrected chi connectivity index (χ0v) is 8.80. The van der Waals surface area contributed by atoms with E-state index in [1.807, 2.05) is 0 Å². The summed E-state index contributed by atoms with van der Waals surface area (Å²) in [6.45, 7) is 0. The fourth-order valence-electron chi connectivity index (χ4n) is 1.23. The molecule has 15 heavy (non-hydrogen) atoms. The van der Waals surface area contributed by atoms with Gasteiger partial charge in [0.15, 0.2) is 11.2 Å². The minimum atomic E-state index is -0.802. The van der Waals surface area contributed by atoms with Gasteiger partial charge >= 0.3 is 0 Å². The van der Waals surface area contributed by atoms with Crippen molar-refractivity contribution in [1.29, 1.82) is 0 Å². The van der Waals surface area contributed by atoms with Gasteiger partial charge in [-0.15, -0.1) is 0 Å². The molecule has 0 aliphatic rings.